The number of hydrogen-bond acceptors (Lipinski definition) is 3. The lowest BCUT2D eigenvalue weighted by atomic mass is 10.0. The summed E-state index contributed by atoms with van der Waals surface area (Å²) < 4.78 is 6.01. The van der Waals surface area contributed by atoms with Crippen molar-refractivity contribution in [2.45, 2.75) is 219 Å². The summed E-state index contributed by atoms with van der Waals surface area (Å²) in [6.07, 6.45) is 40.8. The highest BCUT2D eigenvalue weighted by Gasteiger charge is 2.14. The van der Waals surface area contributed by atoms with Crippen LogP contribution in [0.15, 0.2) is 12.2 Å². The minimum atomic E-state index is -0.686. The van der Waals surface area contributed by atoms with Crippen LogP contribution >= 0.6 is 0 Å². The molecule has 248 valence electrons. The second-order valence-electron chi connectivity index (χ2n) is 12.8. The second-order valence-corrected chi connectivity index (χ2v) is 12.8. The molecular formula is C38H72O4. The van der Waals surface area contributed by atoms with Crippen LogP contribution in [0.5, 0.6) is 0 Å². The van der Waals surface area contributed by atoms with E-state index in [4.69, 9.17) is 9.84 Å². The third-order valence-electron chi connectivity index (χ3n) is 8.49. The maximum absolute atomic E-state index is 12.6. The van der Waals surface area contributed by atoms with Crippen molar-refractivity contribution in [1.29, 1.82) is 0 Å². The van der Waals surface area contributed by atoms with E-state index in [-0.39, 0.29) is 12.1 Å². The predicted octanol–water partition coefficient (Wildman–Crippen LogP) is 12.7. The number of ether oxygens (including phenoxy) is 1. The molecule has 0 spiro atoms. The molecule has 0 saturated heterocycles. The first-order valence-electron chi connectivity index (χ1n) is 18.7. The fraction of sp³-hybridized carbons (Fsp3) is 0.895. The monoisotopic (exact) mass is 593 g/mol. The standard InChI is InChI=1S/C38H72O4/c1-3-5-7-9-11-13-15-17-20-24-28-32-36(33-29-25-21-19-22-26-30-34-37(39)40)42-38(41)35-31-27-23-18-16-14-12-10-8-6-4-2/h10,12,36H,3-9,11,13-35H2,1-2H3,(H,39,40)/b12-10-. The molecule has 1 N–H and O–H groups in total. The Morgan fingerprint density at radius 3 is 1.36 bits per heavy atom. The molecular weight excluding hydrogens is 520 g/mol. The van der Waals surface area contributed by atoms with E-state index < -0.39 is 5.97 Å². The molecule has 4 heteroatoms. The van der Waals surface area contributed by atoms with Crippen molar-refractivity contribution in [2.24, 2.45) is 0 Å². The highest BCUT2D eigenvalue weighted by atomic mass is 16.5. The Hall–Kier alpha value is -1.32. The van der Waals surface area contributed by atoms with E-state index in [1.165, 1.54) is 135 Å². The molecule has 42 heavy (non-hydrogen) atoms. The van der Waals surface area contributed by atoms with Crippen molar-refractivity contribution in [2.75, 3.05) is 0 Å². The van der Waals surface area contributed by atoms with E-state index in [0.29, 0.717) is 12.8 Å². The Labute approximate surface area is 262 Å². The summed E-state index contributed by atoms with van der Waals surface area (Å²) in [5.74, 6) is -0.671. The molecule has 0 aliphatic carbocycles. The lowest BCUT2D eigenvalue weighted by Crippen LogP contribution is -2.18. The zero-order valence-electron chi connectivity index (χ0n) is 28.3. The van der Waals surface area contributed by atoms with Gasteiger partial charge >= 0.3 is 11.9 Å². The summed E-state index contributed by atoms with van der Waals surface area (Å²) in [6, 6.07) is 0. The smallest absolute Gasteiger partial charge is 0.306 e. The molecule has 0 bridgehead atoms. The molecule has 0 aromatic carbocycles. The molecule has 0 heterocycles. The van der Waals surface area contributed by atoms with E-state index in [1.807, 2.05) is 0 Å². The number of hydrogen-bond donors (Lipinski definition) is 1. The van der Waals surface area contributed by atoms with Crippen molar-refractivity contribution in [3.63, 3.8) is 0 Å². The van der Waals surface area contributed by atoms with Gasteiger partial charge in [0.15, 0.2) is 0 Å². The van der Waals surface area contributed by atoms with E-state index in [0.717, 1.165) is 51.4 Å². The number of carbonyl (C=O) groups excluding carboxylic acids is 1. The highest BCUT2D eigenvalue weighted by Crippen LogP contribution is 2.19. The molecule has 1 unspecified atom stereocenters. The molecule has 0 aliphatic rings. The third kappa shape index (κ3) is 33.2. The lowest BCUT2D eigenvalue weighted by molar-refractivity contribution is -0.150. The third-order valence-corrected chi connectivity index (χ3v) is 8.49. The molecule has 0 fully saturated rings. The molecule has 0 radical (unpaired) electrons. The second kappa shape index (κ2) is 34.2. The van der Waals surface area contributed by atoms with Crippen LogP contribution < -0.4 is 0 Å². The Morgan fingerprint density at radius 1 is 0.500 bits per heavy atom. The van der Waals surface area contributed by atoms with Gasteiger partial charge in [0.05, 0.1) is 0 Å². The summed E-state index contributed by atoms with van der Waals surface area (Å²) in [7, 11) is 0. The van der Waals surface area contributed by atoms with Crippen LogP contribution in [0.3, 0.4) is 0 Å². The summed E-state index contributed by atoms with van der Waals surface area (Å²) in [4.78, 5) is 23.3. The van der Waals surface area contributed by atoms with Crippen LogP contribution in [0.2, 0.25) is 0 Å². The Balaban J connectivity index is 4.09. The zero-order valence-corrected chi connectivity index (χ0v) is 28.3. The molecule has 0 saturated carbocycles. The van der Waals surface area contributed by atoms with E-state index in [9.17, 15) is 9.59 Å². The minimum Gasteiger partial charge on any atom is -0.481 e. The van der Waals surface area contributed by atoms with Crippen molar-refractivity contribution < 1.29 is 19.4 Å². The first-order chi connectivity index (χ1) is 20.6. The van der Waals surface area contributed by atoms with Gasteiger partial charge in [0.2, 0.25) is 0 Å². The highest BCUT2D eigenvalue weighted by molar-refractivity contribution is 5.69. The van der Waals surface area contributed by atoms with Crippen molar-refractivity contribution >= 4 is 11.9 Å². The lowest BCUT2D eigenvalue weighted by Gasteiger charge is -2.18. The molecule has 0 amide bonds. The number of rotatable bonds is 34. The number of unbranched alkanes of at least 4 members (excludes halogenated alkanes) is 23. The van der Waals surface area contributed by atoms with E-state index in [1.54, 1.807) is 0 Å². The Kier molecular flexibility index (Phi) is 33.1. The van der Waals surface area contributed by atoms with Crippen molar-refractivity contribution in [3.8, 4) is 0 Å². The van der Waals surface area contributed by atoms with Gasteiger partial charge in [-0.2, -0.15) is 0 Å². The van der Waals surface area contributed by atoms with E-state index >= 15 is 0 Å². The van der Waals surface area contributed by atoms with Crippen LogP contribution in [0.25, 0.3) is 0 Å². The summed E-state index contributed by atoms with van der Waals surface area (Å²) in [5, 5.41) is 8.75. The number of aliphatic carboxylic acids is 1. The van der Waals surface area contributed by atoms with Gasteiger partial charge in [-0.05, 0) is 57.8 Å². The Bertz CT molecular complexity index is 600. The van der Waals surface area contributed by atoms with Crippen LogP contribution in [0.1, 0.15) is 213 Å². The first-order valence-corrected chi connectivity index (χ1v) is 18.7. The van der Waals surface area contributed by atoms with Crippen molar-refractivity contribution in [3.05, 3.63) is 12.2 Å². The van der Waals surface area contributed by atoms with Gasteiger partial charge in [0.25, 0.3) is 0 Å². The van der Waals surface area contributed by atoms with E-state index in [2.05, 4.69) is 26.0 Å². The van der Waals surface area contributed by atoms with Crippen molar-refractivity contribution in [1.82, 2.24) is 0 Å². The summed E-state index contributed by atoms with van der Waals surface area (Å²) in [6.45, 7) is 4.52. The predicted molar refractivity (Wildman–Crippen MR) is 181 cm³/mol. The van der Waals surface area contributed by atoms with Crippen LogP contribution in [-0.4, -0.2) is 23.1 Å². The largest absolute Gasteiger partial charge is 0.481 e. The molecule has 4 nitrogen and oxygen atoms in total. The van der Waals surface area contributed by atoms with Gasteiger partial charge in [-0.1, -0.05) is 154 Å². The topological polar surface area (TPSA) is 63.6 Å². The normalized spacial score (nSPS) is 12.2. The quantitative estimate of drug-likeness (QED) is 0.0458. The van der Waals surface area contributed by atoms with Crippen LogP contribution in [-0.2, 0) is 14.3 Å². The number of carboxylic acid groups (broad SMARTS) is 1. The molecule has 0 aliphatic heterocycles. The number of esters is 1. The van der Waals surface area contributed by atoms with Gasteiger partial charge in [-0.15, -0.1) is 0 Å². The van der Waals surface area contributed by atoms with Gasteiger partial charge in [0, 0.05) is 12.8 Å². The van der Waals surface area contributed by atoms with Gasteiger partial charge in [-0.3, -0.25) is 9.59 Å². The number of allylic oxidation sites excluding steroid dienone is 2. The van der Waals surface area contributed by atoms with Gasteiger partial charge < -0.3 is 9.84 Å². The first kappa shape index (κ1) is 40.7. The number of carbonyl (C=O) groups is 2. The number of carboxylic acids is 1. The van der Waals surface area contributed by atoms with Gasteiger partial charge in [0.1, 0.15) is 6.10 Å². The molecule has 0 rings (SSSR count). The molecule has 1 atom stereocenters. The summed E-state index contributed by atoms with van der Waals surface area (Å²) in [5.41, 5.74) is 0. The SMILES string of the molecule is CCCC/C=C\CCCCCCCC(=O)OC(CCCCCCCCCCCCC)CCCCCCCCCC(=O)O. The fourth-order valence-electron chi connectivity index (χ4n) is 5.69. The maximum Gasteiger partial charge on any atom is 0.306 e. The van der Waals surface area contributed by atoms with Crippen LogP contribution in [0.4, 0.5) is 0 Å². The van der Waals surface area contributed by atoms with Crippen LogP contribution in [0, 0.1) is 0 Å². The average molecular weight is 593 g/mol. The maximum atomic E-state index is 12.6. The average Bonchev–Trinajstić information content (AvgIpc) is 2.97. The minimum absolute atomic E-state index is 0.0142. The zero-order chi connectivity index (χ0) is 30.8. The van der Waals surface area contributed by atoms with Gasteiger partial charge in [-0.25, -0.2) is 0 Å². The Morgan fingerprint density at radius 2 is 0.881 bits per heavy atom. The molecule has 0 aromatic rings. The molecule has 0 aromatic heterocycles. The summed E-state index contributed by atoms with van der Waals surface area (Å²) >= 11 is 0. The fourth-order valence-corrected chi connectivity index (χ4v) is 5.69.